The van der Waals surface area contributed by atoms with Crippen LogP contribution in [0.25, 0.3) is 17.0 Å². The second kappa shape index (κ2) is 5.73. The van der Waals surface area contributed by atoms with Crippen molar-refractivity contribution in [2.24, 2.45) is 0 Å². The predicted octanol–water partition coefficient (Wildman–Crippen LogP) is 3.63. The molecule has 0 unspecified atom stereocenters. The van der Waals surface area contributed by atoms with Gasteiger partial charge < -0.3 is 5.11 Å². The molecule has 5 nitrogen and oxygen atoms in total. The van der Waals surface area contributed by atoms with E-state index in [0.717, 1.165) is 18.1 Å². The monoisotopic (exact) mass is 340 g/mol. The first-order chi connectivity index (χ1) is 10.9. The molecule has 0 atom stereocenters. The van der Waals surface area contributed by atoms with Crippen molar-refractivity contribution >= 4 is 17.4 Å². The second-order valence-electron chi connectivity index (χ2n) is 4.64. The number of fused-ring (bicyclic) bond motifs is 1. The average molecular weight is 340 g/mol. The molecule has 0 fully saturated rings. The fraction of sp³-hybridized carbons (Fsp3) is 0.214. The number of thioether (sulfide) groups is 1. The van der Waals surface area contributed by atoms with Crippen molar-refractivity contribution in [2.45, 2.75) is 18.0 Å². The Morgan fingerprint density at radius 1 is 1.26 bits per heavy atom. The molecule has 0 aliphatic carbocycles. The van der Waals surface area contributed by atoms with Gasteiger partial charge in [-0.1, -0.05) is 6.92 Å². The molecule has 0 saturated heterocycles. The number of imidazole rings is 1. The standard InChI is InChI=1S/C14H11F3N4OS/c1-2-23-10-3-8(22)5-18-13(10)9-6-21-7-19-11(14(15,16)17)4-12(21)20-9/h3-7,22H,2H2,1H3. The number of aromatic nitrogens is 4. The van der Waals surface area contributed by atoms with Crippen LogP contribution in [0.15, 0.2) is 35.7 Å². The maximum atomic E-state index is 12.7. The van der Waals surface area contributed by atoms with Crippen LogP contribution in [0.3, 0.4) is 0 Å². The lowest BCUT2D eigenvalue weighted by Crippen LogP contribution is -2.08. The summed E-state index contributed by atoms with van der Waals surface area (Å²) in [5, 5.41) is 9.54. The van der Waals surface area contributed by atoms with Crippen LogP contribution in [0.4, 0.5) is 13.2 Å². The van der Waals surface area contributed by atoms with E-state index in [-0.39, 0.29) is 11.4 Å². The largest absolute Gasteiger partial charge is 0.506 e. The summed E-state index contributed by atoms with van der Waals surface area (Å²) >= 11 is 1.46. The van der Waals surface area contributed by atoms with Gasteiger partial charge in [-0.15, -0.1) is 11.8 Å². The number of halogens is 3. The molecule has 0 saturated carbocycles. The molecule has 1 N–H and O–H groups in total. The molecule has 23 heavy (non-hydrogen) atoms. The van der Waals surface area contributed by atoms with Crippen LogP contribution in [0.1, 0.15) is 12.6 Å². The Kier molecular flexibility index (Phi) is 3.88. The van der Waals surface area contributed by atoms with Crippen molar-refractivity contribution in [2.75, 3.05) is 5.75 Å². The Labute approximate surface area is 133 Å². The third-order valence-electron chi connectivity index (χ3n) is 3.02. The van der Waals surface area contributed by atoms with Crippen LogP contribution in [0.5, 0.6) is 5.75 Å². The molecule has 0 aliphatic heterocycles. The minimum absolute atomic E-state index is 0.0227. The smallest absolute Gasteiger partial charge is 0.433 e. The van der Waals surface area contributed by atoms with Gasteiger partial charge in [0.15, 0.2) is 0 Å². The third-order valence-corrected chi connectivity index (χ3v) is 3.93. The molecule has 120 valence electrons. The molecule has 3 aromatic heterocycles. The fourth-order valence-corrected chi connectivity index (χ4v) is 2.86. The Bertz CT molecular complexity index is 863. The molecular weight excluding hydrogens is 329 g/mol. The molecule has 9 heteroatoms. The van der Waals surface area contributed by atoms with Gasteiger partial charge in [-0.25, -0.2) is 15.0 Å². The number of pyridine rings is 1. The molecule has 3 heterocycles. The molecule has 0 aliphatic rings. The zero-order valence-electron chi connectivity index (χ0n) is 11.9. The highest BCUT2D eigenvalue weighted by molar-refractivity contribution is 7.99. The number of aromatic hydroxyl groups is 1. The summed E-state index contributed by atoms with van der Waals surface area (Å²) in [4.78, 5) is 12.4. The van der Waals surface area contributed by atoms with Crippen LogP contribution in [-0.4, -0.2) is 30.2 Å². The number of rotatable bonds is 3. The number of nitrogens with zero attached hydrogens (tertiary/aromatic N) is 4. The zero-order chi connectivity index (χ0) is 16.6. The lowest BCUT2D eigenvalue weighted by Gasteiger charge is -2.05. The van der Waals surface area contributed by atoms with Crippen molar-refractivity contribution in [3.63, 3.8) is 0 Å². The van der Waals surface area contributed by atoms with Gasteiger partial charge in [-0.05, 0) is 11.8 Å². The number of alkyl halides is 3. The quantitative estimate of drug-likeness (QED) is 0.738. The normalized spacial score (nSPS) is 12.0. The first-order valence-corrected chi connectivity index (χ1v) is 7.61. The number of hydrogen-bond acceptors (Lipinski definition) is 5. The van der Waals surface area contributed by atoms with E-state index in [1.54, 1.807) is 12.3 Å². The molecule has 3 rings (SSSR count). The van der Waals surface area contributed by atoms with Gasteiger partial charge in [0.2, 0.25) is 0 Å². The van der Waals surface area contributed by atoms with E-state index in [0.29, 0.717) is 16.3 Å². The van der Waals surface area contributed by atoms with Crippen molar-refractivity contribution in [3.05, 3.63) is 36.5 Å². The Balaban J connectivity index is 2.11. The van der Waals surface area contributed by atoms with Crippen LogP contribution in [0, 0.1) is 0 Å². The van der Waals surface area contributed by atoms with Crippen molar-refractivity contribution in [1.29, 1.82) is 0 Å². The molecule has 0 aromatic carbocycles. The second-order valence-corrected chi connectivity index (χ2v) is 5.94. The van der Waals surface area contributed by atoms with E-state index in [1.807, 2.05) is 6.92 Å². The Morgan fingerprint density at radius 3 is 2.74 bits per heavy atom. The van der Waals surface area contributed by atoms with Crippen LogP contribution < -0.4 is 0 Å². The minimum Gasteiger partial charge on any atom is -0.506 e. The van der Waals surface area contributed by atoms with Gasteiger partial charge in [0, 0.05) is 17.2 Å². The van der Waals surface area contributed by atoms with Gasteiger partial charge in [-0.2, -0.15) is 13.2 Å². The summed E-state index contributed by atoms with van der Waals surface area (Å²) in [7, 11) is 0. The highest BCUT2D eigenvalue weighted by Gasteiger charge is 2.33. The molecular formula is C14H11F3N4OS. The fourth-order valence-electron chi connectivity index (χ4n) is 2.05. The Morgan fingerprint density at radius 2 is 2.04 bits per heavy atom. The molecule has 0 radical (unpaired) electrons. The lowest BCUT2D eigenvalue weighted by molar-refractivity contribution is -0.141. The Hall–Kier alpha value is -2.29. The number of hydrogen-bond donors (Lipinski definition) is 1. The van der Waals surface area contributed by atoms with E-state index in [2.05, 4.69) is 15.0 Å². The molecule has 0 bridgehead atoms. The molecule has 0 spiro atoms. The van der Waals surface area contributed by atoms with Gasteiger partial charge >= 0.3 is 6.18 Å². The summed E-state index contributed by atoms with van der Waals surface area (Å²) < 4.78 is 39.5. The van der Waals surface area contributed by atoms with Gasteiger partial charge in [-0.3, -0.25) is 4.40 Å². The van der Waals surface area contributed by atoms with Gasteiger partial charge in [0.25, 0.3) is 0 Å². The predicted molar refractivity (Wildman–Crippen MR) is 79.3 cm³/mol. The first-order valence-electron chi connectivity index (χ1n) is 6.62. The average Bonchev–Trinajstić information content (AvgIpc) is 2.89. The van der Waals surface area contributed by atoms with Gasteiger partial charge in [0.05, 0.1) is 6.20 Å². The minimum atomic E-state index is -4.52. The summed E-state index contributed by atoms with van der Waals surface area (Å²) in [5.74, 6) is 0.778. The van der Waals surface area contributed by atoms with Crippen molar-refractivity contribution < 1.29 is 18.3 Å². The van der Waals surface area contributed by atoms with Crippen LogP contribution >= 0.6 is 11.8 Å². The maximum absolute atomic E-state index is 12.7. The summed E-state index contributed by atoms with van der Waals surface area (Å²) in [6, 6.07) is 2.44. The lowest BCUT2D eigenvalue weighted by atomic mass is 10.3. The van der Waals surface area contributed by atoms with Crippen molar-refractivity contribution in [3.8, 4) is 17.1 Å². The van der Waals surface area contributed by atoms with E-state index in [1.165, 1.54) is 22.4 Å². The van der Waals surface area contributed by atoms with Gasteiger partial charge in [0.1, 0.15) is 34.8 Å². The maximum Gasteiger partial charge on any atom is 0.433 e. The first kappa shape index (κ1) is 15.6. The highest BCUT2D eigenvalue weighted by Crippen LogP contribution is 2.32. The summed E-state index contributed by atoms with van der Waals surface area (Å²) in [6.07, 6.45) is -0.615. The third kappa shape index (κ3) is 3.09. The van der Waals surface area contributed by atoms with Crippen LogP contribution in [0.2, 0.25) is 0 Å². The zero-order valence-corrected chi connectivity index (χ0v) is 12.7. The van der Waals surface area contributed by atoms with E-state index >= 15 is 0 Å². The molecule has 0 amide bonds. The summed E-state index contributed by atoms with van der Waals surface area (Å²) in [6.45, 7) is 1.95. The van der Waals surface area contributed by atoms with E-state index in [9.17, 15) is 18.3 Å². The van der Waals surface area contributed by atoms with Crippen LogP contribution in [-0.2, 0) is 6.18 Å². The topological polar surface area (TPSA) is 63.3 Å². The van der Waals surface area contributed by atoms with Crippen molar-refractivity contribution in [1.82, 2.24) is 19.4 Å². The van der Waals surface area contributed by atoms with E-state index in [4.69, 9.17) is 0 Å². The van der Waals surface area contributed by atoms with E-state index < -0.39 is 11.9 Å². The highest BCUT2D eigenvalue weighted by atomic mass is 32.2. The molecule has 3 aromatic rings. The SMILES string of the molecule is CCSc1cc(O)cnc1-c1cn2cnc(C(F)(F)F)cc2n1. The summed E-state index contributed by atoms with van der Waals surface area (Å²) in [5.41, 5.74) is 0.0580.